The van der Waals surface area contributed by atoms with Crippen molar-refractivity contribution >= 4 is 0 Å². The van der Waals surface area contributed by atoms with E-state index in [1.165, 1.54) is 22.3 Å². The second-order valence-electron chi connectivity index (χ2n) is 6.94. The Labute approximate surface area is 152 Å². The summed E-state index contributed by atoms with van der Waals surface area (Å²) in [6.45, 7) is 1.82. The van der Waals surface area contributed by atoms with Crippen molar-refractivity contribution in [2.45, 2.75) is 19.5 Å². The highest BCUT2D eigenvalue weighted by Gasteiger charge is 2.11. The second kappa shape index (κ2) is 8.88. The highest BCUT2D eigenvalue weighted by Crippen LogP contribution is 2.28. The van der Waals surface area contributed by atoms with Crippen LogP contribution in [0.1, 0.15) is 22.3 Å². The second-order valence-corrected chi connectivity index (χ2v) is 6.94. The van der Waals surface area contributed by atoms with E-state index in [9.17, 15) is 0 Å². The summed E-state index contributed by atoms with van der Waals surface area (Å²) in [5.41, 5.74) is 4.93. The minimum atomic E-state index is 0.787. The van der Waals surface area contributed by atoms with Crippen molar-refractivity contribution in [2.24, 2.45) is 0 Å². The summed E-state index contributed by atoms with van der Waals surface area (Å²) in [7, 11) is 11.8. The molecule has 0 atom stereocenters. The van der Waals surface area contributed by atoms with Crippen LogP contribution < -0.4 is 9.47 Å². The van der Waals surface area contributed by atoms with Crippen molar-refractivity contribution in [3.8, 4) is 11.5 Å². The fourth-order valence-electron chi connectivity index (χ4n) is 3.07. The highest BCUT2D eigenvalue weighted by molar-refractivity contribution is 5.45. The molecule has 0 N–H and O–H groups in total. The van der Waals surface area contributed by atoms with Gasteiger partial charge in [-0.05, 0) is 62.6 Å². The predicted octanol–water partition coefficient (Wildman–Crippen LogP) is 3.42. The van der Waals surface area contributed by atoms with E-state index in [-0.39, 0.29) is 0 Å². The molecule has 4 heteroatoms. The van der Waals surface area contributed by atoms with Gasteiger partial charge in [0.2, 0.25) is 0 Å². The number of hydrogen-bond donors (Lipinski definition) is 0. The Morgan fingerprint density at radius 3 is 1.40 bits per heavy atom. The van der Waals surface area contributed by atoms with Crippen LogP contribution >= 0.6 is 0 Å². The SMILES string of the molecule is COc1ccc(CN(C)C)cc1Cc1cc(CN(C)C)ccc1OC. The Hall–Kier alpha value is -2.04. The van der Waals surface area contributed by atoms with Gasteiger partial charge in [-0.15, -0.1) is 0 Å². The molecule has 0 aliphatic carbocycles. The summed E-state index contributed by atoms with van der Waals surface area (Å²) >= 11 is 0. The lowest BCUT2D eigenvalue weighted by molar-refractivity contribution is 0.395. The summed E-state index contributed by atoms with van der Waals surface area (Å²) < 4.78 is 11.2. The van der Waals surface area contributed by atoms with Crippen molar-refractivity contribution in [1.29, 1.82) is 0 Å². The standard InChI is InChI=1S/C21H30N2O2/c1-22(2)14-16-7-9-20(24-5)18(11-16)13-19-12-17(15-23(3)4)8-10-21(19)25-6/h7-12H,13-15H2,1-6H3. The number of nitrogens with zero attached hydrogens (tertiary/aromatic N) is 2. The molecule has 2 aromatic carbocycles. The number of ether oxygens (including phenoxy) is 2. The molecule has 136 valence electrons. The normalized spacial score (nSPS) is 11.2. The van der Waals surface area contributed by atoms with Crippen molar-refractivity contribution < 1.29 is 9.47 Å². The average Bonchev–Trinajstić information content (AvgIpc) is 2.54. The van der Waals surface area contributed by atoms with E-state index in [1.807, 2.05) is 0 Å². The molecule has 2 aromatic rings. The Morgan fingerprint density at radius 2 is 1.08 bits per heavy atom. The molecule has 25 heavy (non-hydrogen) atoms. The third kappa shape index (κ3) is 5.48. The third-order valence-electron chi connectivity index (χ3n) is 4.07. The molecule has 4 nitrogen and oxygen atoms in total. The van der Waals surface area contributed by atoms with Gasteiger partial charge in [0.05, 0.1) is 14.2 Å². The highest BCUT2D eigenvalue weighted by atomic mass is 16.5. The largest absolute Gasteiger partial charge is 0.496 e. The minimum Gasteiger partial charge on any atom is -0.496 e. The summed E-state index contributed by atoms with van der Waals surface area (Å²) in [6, 6.07) is 12.8. The number of hydrogen-bond acceptors (Lipinski definition) is 4. The molecule has 0 aromatic heterocycles. The van der Waals surface area contributed by atoms with Gasteiger partial charge in [0.15, 0.2) is 0 Å². The Kier molecular flexibility index (Phi) is 6.85. The lowest BCUT2D eigenvalue weighted by atomic mass is 9.99. The van der Waals surface area contributed by atoms with E-state index in [4.69, 9.17) is 9.47 Å². The van der Waals surface area contributed by atoms with Gasteiger partial charge in [0.1, 0.15) is 11.5 Å². The van der Waals surface area contributed by atoms with Gasteiger partial charge < -0.3 is 19.3 Å². The van der Waals surface area contributed by atoms with Gasteiger partial charge in [-0.25, -0.2) is 0 Å². The molecular weight excluding hydrogens is 312 g/mol. The van der Waals surface area contributed by atoms with Crippen LogP contribution in [0, 0.1) is 0 Å². The van der Waals surface area contributed by atoms with E-state index in [1.54, 1.807) is 14.2 Å². The van der Waals surface area contributed by atoms with Crippen molar-refractivity contribution in [2.75, 3.05) is 42.4 Å². The van der Waals surface area contributed by atoms with Crippen LogP contribution in [0.25, 0.3) is 0 Å². The van der Waals surface area contributed by atoms with Crippen LogP contribution in [0.2, 0.25) is 0 Å². The van der Waals surface area contributed by atoms with Crippen LogP contribution in [0.15, 0.2) is 36.4 Å². The molecule has 0 radical (unpaired) electrons. The van der Waals surface area contributed by atoms with Gasteiger partial charge in [-0.1, -0.05) is 24.3 Å². The first-order valence-corrected chi connectivity index (χ1v) is 8.54. The monoisotopic (exact) mass is 342 g/mol. The number of benzene rings is 2. The van der Waals surface area contributed by atoms with Gasteiger partial charge in [-0.2, -0.15) is 0 Å². The first kappa shape index (κ1) is 19.3. The lowest BCUT2D eigenvalue weighted by Crippen LogP contribution is -2.11. The Bertz CT molecular complexity index is 637. The molecule has 0 amide bonds. The summed E-state index contributed by atoms with van der Waals surface area (Å²) in [5.74, 6) is 1.84. The third-order valence-corrected chi connectivity index (χ3v) is 4.07. The molecule has 0 aliphatic rings. The fourth-order valence-corrected chi connectivity index (χ4v) is 3.07. The molecule has 2 rings (SSSR count). The fraction of sp³-hybridized carbons (Fsp3) is 0.429. The van der Waals surface area contributed by atoms with E-state index in [0.29, 0.717) is 0 Å². The van der Waals surface area contributed by atoms with E-state index in [2.05, 4.69) is 74.4 Å². The average molecular weight is 342 g/mol. The maximum Gasteiger partial charge on any atom is 0.122 e. The maximum absolute atomic E-state index is 5.58. The van der Waals surface area contributed by atoms with Crippen LogP contribution in [-0.2, 0) is 19.5 Å². The molecule has 0 fully saturated rings. The Morgan fingerprint density at radius 1 is 0.680 bits per heavy atom. The molecule has 0 aliphatic heterocycles. The van der Waals surface area contributed by atoms with Crippen molar-refractivity contribution in [3.05, 3.63) is 58.7 Å². The van der Waals surface area contributed by atoms with Crippen LogP contribution in [0.3, 0.4) is 0 Å². The smallest absolute Gasteiger partial charge is 0.122 e. The van der Waals surface area contributed by atoms with E-state index < -0.39 is 0 Å². The van der Waals surface area contributed by atoms with Gasteiger partial charge in [0.25, 0.3) is 0 Å². The Balaban J connectivity index is 2.36. The van der Waals surface area contributed by atoms with Crippen molar-refractivity contribution in [1.82, 2.24) is 9.80 Å². The zero-order valence-electron chi connectivity index (χ0n) is 16.3. The molecular formula is C21H30N2O2. The molecule has 0 bridgehead atoms. The number of methoxy groups -OCH3 is 2. The van der Waals surface area contributed by atoms with Crippen LogP contribution in [0.4, 0.5) is 0 Å². The first-order valence-electron chi connectivity index (χ1n) is 8.54. The van der Waals surface area contributed by atoms with Crippen molar-refractivity contribution in [3.63, 3.8) is 0 Å². The zero-order valence-corrected chi connectivity index (χ0v) is 16.3. The molecule has 0 heterocycles. The first-order chi connectivity index (χ1) is 11.9. The molecule has 0 saturated carbocycles. The van der Waals surface area contributed by atoms with Gasteiger partial charge in [-0.3, -0.25) is 0 Å². The summed E-state index contributed by atoms with van der Waals surface area (Å²) in [5, 5.41) is 0. The maximum atomic E-state index is 5.58. The van der Waals surface area contributed by atoms with Gasteiger partial charge in [0, 0.05) is 19.5 Å². The quantitative estimate of drug-likeness (QED) is 0.734. The lowest BCUT2D eigenvalue weighted by Gasteiger charge is -2.17. The summed E-state index contributed by atoms with van der Waals surface area (Å²) in [6.07, 6.45) is 0.787. The van der Waals surface area contributed by atoms with Gasteiger partial charge >= 0.3 is 0 Å². The van der Waals surface area contributed by atoms with E-state index in [0.717, 1.165) is 31.0 Å². The molecule has 0 spiro atoms. The zero-order chi connectivity index (χ0) is 18.4. The predicted molar refractivity (Wildman–Crippen MR) is 104 cm³/mol. The molecule has 0 saturated heterocycles. The summed E-state index contributed by atoms with van der Waals surface area (Å²) in [4.78, 5) is 4.34. The topological polar surface area (TPSA) is 24.9 Å². The van der Waals surface area contributed by atoms with Crippen LogP contribution in [-0.4, -0.2) is 52.2 Å². The van der Waals surface area contributed by atoms with Crippen LogP contribution in [0.5, 0.6) is 11.5 Å². The minimum absolute atomic E-state index is 0.787. The van der Waals surface area contributed by atoms with E-state index >= 15 is 0 Å². The molecule has 0 unspecified atom stereocenters. The number of rotatable bonds is 8.